The van der Waals surface area contributed by atoms with Gasteiger partial charge in [0, 0.05) is 18.7 Å². The highest BCUT2D eigenvalue weighted by atomic mass is 16.6. The van der Waals surface area contributed by atoms with Crippen LogP contribution in [0.15, 0.2) is 36.5 Å². The fraction of sp³-hybridized carbons (Fsp3) is 0.440. The number of ether oxygens (including phenoxy) is 1. The Morgan fingerprint density at radius 2 is 1.90 bits per heavy atom. The smallest absolute Gasteiger partial charge is 0.434 e. The van der Waals surface area contributed by atoms with Gasteiger partial charge in [0.2, 0.25) is 11.8 Å². The summed E-state index contributed by atoms with van der Waals surface area (Å²) in [4.78, 5) is 48.7. The van der Waals surface area contributed by atoms with Crippen molar-refractivity contribution >= 4 is 29.4 Å². The number of benzene rings is 1. The maximum atomic E-state index is 12.8. The van der Waals surface area contributed by atoms with E-state index in [1.54, 1.807) is 25.1 Å². The van der Waals surface area contributed by atoms with Gasteiger partial charge in [0.05, 0.1) is 25.4 Å². The Balaban J connectivity index is 1.78. The van der Waals surface area contributed by atoms with Crippen molar-refractivity contribution in [2.45, 2.75) is 51.9 Å². The van der Waals surface area contributed by atoms with Gasteiger partial charge in [-0.3, -0.25) is 9.59 Å². The molecule has 1 unspecified atom stereocenters. The number of carbonyl (C=O) groups is 3. The zero-order valence-electron chi connectivity index (χ0n) is 21.9. The number of rotatable bonds is 17. The van der Waals surface area contributed by atoms with E-state index in [0.29, 0.717) is 35.8 Å². The summed E-state index contributed by atoms with van der Waals surface area (Å²) in [6.45, 7) is 2.52. The van der Waals surface area contributed by atoms with Crippen molar-refractivity contribution in [2.75, 3.05) is 18.4 Å². The molecule has 212 valence electrons. The van der Waals surface area contributed by atoms with Crippen LogP contribution < -0.4 is 20.7 Å². The molecule has 1 heterocycles. The number of hydrogen-bond acceptors (Lipinski definition) is 9. The normalized spacial score (nSPS) is 11.8. The van der Waals surface area contributed by atoms with E-state index in [4.69, 9.17) is 9.84 Å². The van der Waals surface area contributed by atoms with Gasteiger partial charge in [0.15, 0.2) is 5.69 Å². The average molecular weight is 547 g/mol. The second kappa shape index (κ2) is 15.8. The molecule has 1 atom stereocenters. The van der Waals surface area contributed by atoms with Crippen LogP contribution in [0.3, 0.4) is 0 Å². The van der Waals surface area contributed by atoms with Gasteiger partial charge in [-0.15, -0.1) is 0 Å². The molecule has 0 saturated heterocycles. The molecule has 2 aromatic rings. The number of amides is 2. The Morgan fingerprint density at radius 3 is 2.54 bits per heavy atom. The predicted molar refractivity (Wildman–Crippen MR) is 141 cm³/mol. The zero-order valence-corrected chi connectivity index (χ0v) is 21.9. The van der Waals surface area contributed by atoms with Crippen molar-refractivity contribution in [2.24, 2.45) is 7.05 Å². The van der Waals surface area contributed by atoms with E-state index in [9.17, 15) is 29.6 Å². The summed E-state index contributed by atoms with van der Waals surface area (Å²) in [5.41, 5.74) is 1.40. The van der Waals surface area contributed by atoms with Crippen molar-refractivity contribution < 1.29 is 34.3 Å². The maximum absolute atomic E-state index is 12.8. The topological polar surface area (TPSA) is 198 Å². The first kappa shape index (κ1) is 30.9. The second-order valence-corrected chi connectivity index (χ2v) is 8.68. The standard InChI is InChI=1S/C25H34N6O8/c1-17(26-11-5-3-4-6-12-27-22(33)9-10-23(34)35)24(36)29-20-13-18(15-32)7-8-21(20)39-16-19-14-28-25(30(19)2)31(37)38/h7-10,13-14,17,26,32H,3-6,11-12,15-16H2,1-2H3,(H,27,33)(H,29,36)(H,34,35). The second-order valence-electron chi connectivity index (χ2n) is 8.68. The molecule has 0 aliphatic heterocycles. The van der Waals surface area contributed by atoms with Crippen molar-refractivity contribution in [3.63, 3.8) is 0 Å². The van der Waals surface area contributed by atoms with Gasteiger partial charge in [0.1, 0.15) is 18.6 Å². The molecular weight excluding hydrogens is 512 g/mol. The number of nitrogens with zero attached hydrogens (tertiary/aromatic N) is 3. The summed E-state index contributed by atoms with van der Waals surface area (Å²) in [5, 5.41) is 37.6. The average Bonchev–Trinajstić information content (AvgIpc) is 3.28. The molecule has 0 spiro atoms. The minimum Gasteiger partial charge on any atom is -0.484 e. The summed E-state index contributed by atoms with van der Waals surface area (Å²) in [6.07, 6.45) is 6.41. The number of nitro groups is 1. The Labute approximate surface area is 225 Å². The Bertz CT molecular complexity index is 1180. The summed E-state index contributed by atoms with van der Waals surface area (Å²) in [6, 6.07) is 4.34. The van der Waals surface area contributed by atoms with E-state index >= 15 is 0 Å². The number of aliphatic carboxylic acids is 1. The number of carboxylic acid groups (broad SMARTS) is 1. The van der Waals surface area contributed by atoms with Gasteiger partial charge in [-0.25, -0.2) is 9.36 Å². The number of nitrogens with one attached hydrogen (secondary N) is 3. The molecule has 0 aliphatic rings. The summed E-state index contributed by atoms with van der Waals surface area (Å²) < 4.78 is 7.11. The van der Waals surface area contributed by atoms with Crippen LogP contribution in [0.4, 0.5) is 11.6 Å². The molecular formula is C25H34N6O8. The number of imidazole rings is 1. The molecule has 2 amide bonds. The minimum atomic E-state index is -1.18. The molecule has 1 aromatic heterocycles. The maximum Gasteiger partial charge on any atom is 0.434 e. The first-order valence-corrected chi connectivity index (χ1v) is 12.4. The largest absolute Gasteiger partial charge is 0.484 e. The highest BCUT2D eigenvalue weighted by Gasteiger charge is 2.19. The van der Waals surface area contributed by atoms with Crippen LogP contribution in [-0.4, -0.2) is 61.6 Å². The van der Waals surface area contributed by atoms with E-state index in [1.807, 2.05) is 0 Å². The van der Waals surface area contributed by atoms with Crippen LogP contribution in [0, 0.1) is 10.1 Å². The molecule has 0 bridgehead atoms. The third-order valence-corrected chi connectivity index (χ3v) is 5.71. The SMILES string of the molecule is CC(NCCCCCCNC(=O)C=CC(=O)O)C(=O)Nc1cc(CO)ccc1OCc1cnc([N+](=O)[O-])n1C. The number of aliphatic hydroxyl groups is 1. The summed E-state index contributed by atoms with van der Waals surface area (Å²) in [7, 11) is 1.51. The van der Waals surface area contributed by atoms with Crippen molar-refractivity contribution in [1.29, 1.82) is 0 Å². The number of carboxylic acids is 1. The fourth-order valence-electron chi connectivity index (χ4n) is 3.46. The van der Waals surface area contributed by atoms with Gasteiger partial charge in [-0.05, 0) is 48.9 Å². The van der Waals surface area contributed by atoms with Crippen LogP contribution in [-0.2, 0) is 34.6 Å². The fourth-order valence-corrected chi connectivity index (χ4v) is 3.46. The monoisotopic (exact) mass is 546 g/mol. The van der Waals surface area contributed by atoms with Crippen LogP contribution in [0.5, 0.6) is 5.75 Å². The Kier molecular flexibility index (Phi) is 12.6. The van der Waals surface area contributed by atoms with E-state index in [1.165, 1.54) is 17.8 Å². The highest BCUT2D eigenvalue weighted by Crippen LogP contribution is 2.27. The molecule has 14 heteroatoms. The molecule has 0 radical (unpaired) electrons. The molecule has 0 saturated carbocycles. The molecule has 0 aliphatic carbocycles. The lowest BCUT2D eigenvalue weighted by Gasteiger charge is -2.17. The molecule has 0 fully saturated rings. The lowest BCUT2D eigenvalue weighted by atomic mass is 10.1. The molecule has 5 N–H and O–H groups in total. The number of unbranched alkanes of at least 4 members (excludes halogenated alkanes) is 3. The van der Waals surface area contributed by atoms with Crippen molar-refractivity contribution in [1.82, 2.24) is 20.2 Å². The van der Waals surface area contributed by atoms with Gasteiger partial charge < -0.3 is 41.0 Å². The Morgan fingerprint density at radius 1 is 1.18 bits per heavy atom. The van der Waals surface area contributed by atoms with Crippen LogP contribution >= 0.6 is 0 Å². The Hall–Kier alpha value is -4.30. The number of hydrogen-bond donors (Lipinski definition) is 5. The summed E-state index contributed by atoms with van der Waals surface area (Å²) >= 11 is 0. The predicted octanol–water partition coefficient (Wildman–Crippen LogP) is 1.63. The van der Waals surface area contributed by atoms with Crippen molar-refractivity contribution in [3.8, 4) is 5.75 Å². The number of aromatic nitrogens is 2. The van der Waals surface area contributed by atoms with Crippen molar-refractivity contribution in [3.05, 3.63) is 57.9 Å². The van der Waals surface area contributed by atoms with Crippen LogP contribution in [0.2, 0.25) is 0 Å². The van der Waals surface area contributed by atoms with E-state index in [-0.39, 0.29) is 25.1 Å². The quantitative estimate of drug-likeness (QED) is 0.0841. The van der Waals surface area contributed by atoms with Gasteiger partial charge >= 0.3 is 11.9 Å². The number of carbonyl (C=O) groups excluding carboxylic acids is 2. The lowest BCUT2D eigenvalue weighted by molar-refractivity contribution is -0.396. The van der Waals surface area contributed by atoms with Gasteiger partial charge in [-0.2, -0.15) is 0 Å². The van der Waals surface area contributed by atoms with Crippen LogP contribution in [0.25, 0.3) is 0 Å². The lowest BCUT2D eigenvalue weighted by Crippen LogP contribution is -2.38. The number of anilines is 1. The van der Waals surface area contributed by atoms with Crippen LogP contribution in [0.1, 0.15) is 43.9 Å². The van der Waals surface area contributed by atoms with Gasteiger partial charge in [-0.1, -0.05) is 23.9 Å². The first-order chi connectivity index (χ1) is 18.6. The third kappa shape index (κ3) is 10.5. The summed E-state index contributed by atoms with van der Waals surface area (Å²) in [5.74, 6) is -1.90. The molecule has 1 aromatic carbocycles. The third-order valence-electron chi connectivity index (χ3n) is 5.71. The molecule has 14 nitrogen and oxygen atoms in total. The highest BCUT2D eigenvalue weighted by molar-refractivity contribution is 5.96. The van der Waals surface area contributed by atoms with E-state index in [0.717, 1.165) is 37.8 Å². The first-order valence-electron chi connectivity index (χ1n) is 12.4. The minimum absolute atomic E-state index is 0.0186. The van der Waals surface area contributed by atoms with E-state index < -0.39 is 22.8 Å². The van der Waals surface area contributed by atoms with E-state index in [2.05, 4.69) is 20.9 Å². The molecule has 39 heavy (non-hydrogen) atoms. The zero-order chi connectivity index (χ0) is 28.8. The molecule has 2 rings (SSSR count). The number of aliphatic hydroxyl groups excluding tert-OH is 1. The van der Waals surface area contributed by atoms with Gasteiger partial charge in [0.25, 0.3) is 0 Å².